The van der Waals surface area contributed by atoms with Crippen molar-refractivity contribution in [2.75, 3.05) is 0 Å². The van der Waals surface area contributed by atoms with Gasteiger partial charge in [-0.2, -0.15) is 0 Å². The van der Waals surface area contributed by atoms with Gasteiger partial charge in [0.15, 0.2) is 0 Å². The van der Waals surface area contributed by atoms with Gasteiger partial charge in [-0.05, 0) is 17.7 Å². The van der Waals surface area contributed by atoms with Gasteiger partial charge in [-0.1, -0.05) is 0 Å². The van der Waals surface area contributed by atoms with Gasteiger partial charge in [-0.25, -0.2) is 8.42 Å². The minimum absolute atomic E-state index is 0.0702. The van der Waals surface area contributed by atoms with E-state index < -0.39 is 14.9 Å². The van der Waals surface area contributed by atoms with Crippen molar-refractivity contribution in [1.82, 2.24) is 4.72 Å². The zero-order valence-electron chi connectivity index (χ0n) is 7.38. The first-order valence-electron chi connectivity index (χ1n) is 3.98. The summed E-state index contributed by atoms with van der Waals surface area (Å²) in [6, 6.07) is 3.72. The third-order valence-electron chi connectivity index (χ3n) is 1.98. The molecule has 6 nitrogen and oxygen atoms in total. The number of hydrogen-bond donors (Lipinski definition) is 1. The van der Waals surface area contributed by atoms with Gasteiger partial charge in [0.1, 0.15) is 4.90 Å². The van der Waals surface area contributed by atoms with Crippen LogP contribution in [0.25, 0.3) is 6.08 Å². The number of nitrogens with one attached hydrogen (secondary N) is 1. The Morgan fingerprint density at radius 2 is 2.07 bits per heavy atom. The summed E-state index contributed by atoms with van der Waals surface area (Å²) in [5.41, 5.74) is 0.203. The number of rotatable bonds is 1. The molecular formula is C8H6N2O4S. The van der Waals surface area contributed by atoms with E-state index in [1.54, 1.807) is 6.08 Å². The highest BCUT2D eigenvalue weighted by atomic mass is 32.2. The number of non-ortho nitro benzene ring substituents is 1. The lowest BCUT2D eigenvalue weighted by Gasteiger charge is -2.11. The molecule has 0 aromatic heterocycles. The van der Waals surface area contributed by atoms with E-state index in [0.29, 0.717) is 5.56 Å². The highest BCUT2D eigenvalue weighted by Gasteiger charge is 2.22. The summed E-state index contributed by atoms with van der Waals surface area (Å²) in [6.07, 6.45) is 2.82. The minimum atomic E-state index is -3.64. The van der Waals surface area contributed by atoms with Crippen molar-refractivity contribution in [2.24, 2.45) is 0 Å². The molecule has 1 N–H and O–H groups in total. The van der Waals surface area contributed by atoms with Crippen LogP contribution >= 0.6 is 0 Å². The van der Waals surface area contributed by atoms with Crippen molar-refractivity contribution >= 4 is 21.8 Å². The van der Waals surface area contributed by atoms with Crippen molar-refractivity contribution < 1.29 is 13.3 Å². The van der Waals surface area contributed by atoms with E-state index >= 15 is 0 Å². The molecule has 15 heavy (non-hydrogen) atoms. The molecule has 0 radical (unpaired) electrons. The first-order valence-corrected chi connectivity index (χ1v) is 5.46. The average molecular weight is 226 g/mol. The molecular weight excluding hydrogens is 220 g/mol. The maximum atomic E-state index is 11.5. The number of fused-ring (bicyclic) bond motifs is 1. The molecule has 0 spiro atoms. The molecule has 1 aromatic carbocycles. The Labute approximate surface area is 85.4 Å². The van der Waals surface area contributed by atoms with Crippen molar-refractivity contribution in [1.29, 1.82) is 0 Å². The Morgan fingerprint density at radius 3 is 2.73 bits per heavy atom. The molecule has 0 saturated carbocycles. The standard InChI is InChI=1S/C8H6N2O4S/c11-10(12)7-2-1-6-3-4-9-15(13,14)8(6)5-7/h1-5,9H. The largest absolute Gasteiger partial charge is 0.286 e. The molecule has 0 bridgehead atoms. The van der Waals surface area contributed by atoms with Gasteiger partial charge in [-0.3, -0.25) is 14.8 Å². The fourth-order valence-corrected chi connectivity index (χ4v) is 2.38. The van der Waals surface area contributed by atoms with Crippen LogP contribution in [-0.4, -0.2) is 13.3 Å². The van der Waals surface area contributed by atoms with Crippen LogP contribution in [0.5, 0.6) is 0 Å². The maximum Gasteiger partial charge on any atom is 0.270 e. The van der Waals surface area contributed by atoms with E-state index in [4.69, 9.17) is 0 Å². The van der Waals surface area contributed by atoms with Crippen LogP contribution in [0.3, 0.4) is 0 Å². The van der Waals surface area contributed by atoms with Gasteiger partial charge in [0.05, 0.1) is 4.92 Å². The molecule has 0 amide bonds. The van der Waals surface area contributed by atoms with Crippen LogP contribution in [0.15, 0.2) is 29.3 Å². The summed E-state index contributed by atoms with van der Waals surface area (Å²) in [6.45, 7) is 0. The smallest absolute Gasteiger partial charge is 0.270 e. The molecule has 0 atom stereocenters. The fraction of sp³-hybridized carbons (Fsp3) is 0. The first kappa shape index (κ1) is 9.66. The minimum Gasteiger partial charge on any atom is -0.286 e. The molecule has 78 valence electrons. The Kier molecular flexibility index (Phi) is 1.97. The molecule has 2 rings (SSSR count). The lowest BCUT2D eigenvalue weighted by atomic mass is 10.2. The molecule has 1 heterocycles. The van der Waals surface area contributed by atoms with Crippen LogP contribution in [0.1, 0.15) is 5.56 Å². The van der Waals surface area contributed by atoms with Gasteiger partial charge < -0.3 is 0 Å². The van der Waals surface area contributed by atoms with Crippen LogP contribution < -0.4 is 4.72 Å². The van der Waals surface area contributed by atoms with Gasteiger partial charge in [-0.15, -0.1) is 0 Å². The summed E-state index contributed by atoms with van der Waals surface area (Å²) in [5.74, 6) is 0. The second-order valence-corrected chi connectivity index (χ2v) is 4.62. The highest BCUT2D eigenvalue weighted by molar-refractivity contribution is 7.89. The second kappa shape index (κ2) is 3.06. The van der Waals surface area contributed by atoms with Crippen LogP contribution in [0.2, 0.25) is 0 Å². The Hall–Kier alpha value is -1.89. The molecule has 7 heteroatoms. The molecule has 1 aliphatic rings. The van der Waals surface area contributed by atoms with E-state index in [1.807, 2.05) is 0 Å². The molecule has 0 aliphatic carbocycles. The van der Waals surface area contributed by atoms with Crippen molar-refractivity contribution in [3.63, 3.8) is 0 Å². The summed E-state index contributed by atoms with van der Waals surface area (Å²) in [7, 11) is -3.64. The molecule has 1 aliphatic heterocycles. The summed E-state index contributed by atoms with van der Waals surface area (Å²) in [4.78, 5) is 9.77. The average Bonchev–Trinajstić information content (AvgIpc) is 2.17. The van der Waals surface area contributed by atoms with E-state index in [2.05, 4.69) is 4.72 Å². The van der Waals surface area contributed by atoms with Crippen molar-refractivity contribution in [2.45, 2.75) is 4.90 Å². The van der Waals surface area contributed by atoms with E-state index in [1.165, 1.54) is 18.3 Å². The van der Waals surface area contributed by atoms with E-state index in [0.717, 1.165) is 6.07 Å². The first-order chi connectivity index (χ1) is 7.00. The lowest BCUT2D eigenvalue weighted by Crippen LogP contribution is -2.21. The van der Waals surface area contributed by atoms with Crippen LogP contribution in [-0.2, 0) is 10.0 Å². The number of nitro groups is 1. The second-order valence-electron chi connectivity index (χ2n) is 2.93. The Morgan fingerprint density at radius 1 is 1.33 bits per heavy atom. The number of hydrogen-bond acceptors (Lipinski definition) is 4. The topological polar surface area (TPSA) is 89.3 Å². The van der Waals surface area contributed by atoms with Gasteiger partial charge in [0.25, 0.3) is 15.7 Å². The highest BCUT2D eigenvalue weighted by Crippen LogP contribution is 2.25. The normalized spacial score (nSPS) is 16.5. The third kappa shape index (κ3) is 1.57. The van der Waals surface area contributed by atoms with Crippen LogP contribution in [0.4, 0.5) is 5.69 Å². The predicted molar refractivity (Wildman–Crippen MR) is 52.5 cm³/mol. The van der Waals surface area contributed by atoms with Crippen LogP contribution in [0, 0.1) is 10.1 Å². The molecule has 1 aromatic rings. The molecule has 0 fully saturated rings. The maximum absolute atomic E-state index is 11.5. The monoisotopic (exact) mass is 226 g/mol. The number of nitro benzene ring substituents is 1. The van der Waals surface area contributed by atoms with E-state index in [-0.39, 0.29) is 10.6 Å². The van der Waals surface area contributed by atoms with Gasteiger partial charge in [0, 0.05) is 18.3 Å². The van der Waals surface area contributed by atoms with Gasteiger partial charge >= 0.3 is 0 Å². The van der Waals surface area contributed by atoms with E-state index in [9.17, 15) is 18.5 Å². The molecule has 0 unspecified atom stereocenters. The fourth-order valence-electron chi connectivity index (χ4n) is 1.28. The Bertz CT molecular complexity index is 562. The SMILES string of the molecule is O=[N+]([O-])c1ccc2c(c1)S(=O)(=O)NC=C2. The quantitative estimate of drug-likeness (QED) is 0.568. The molecule has 0 saturated heterocycles. The zero-order valence-corrected chi connectivity index (χ0v) is 8.19. The number of sulfonamides is 1. The Balaban J connectivity index is 2.70. The number of nitrogens with zero attached hydrogens (tertiary/aromatic N) is 1. The summed E-state index contributed by atoms with van der Waals surface area (Å²) in [5, 5.41) is 10.5. The number of benzene rings is 1. The summed E-state index contributed by atoms with van der Waals surface area (Å²) >= 11 is 0. The zero-order chi connectivity index (χ0) is 11.1. The predicted octanol–water partition coefficient (Wildman–Crippen LogP) is 0.857. The third-order valence-corrected chi connectivity index (χ3v) is 3.36. The summed E-state index contributed by atoms with van der Waals surface area (Å²) < 4.78 is 25.1. The van der Waals surface area contributed by atoms with Gasteiger partial charge in [0.2, 0.25) is 0 Å². The van der Waals surface area contributed by atoms with Crippen molar-refractivity contribution in [3.8, 4) is 0 Å². The lowest BCUT2D eigenvalue weighted by molar-refractivity contribution is -0.385. The van der Waals surface area contributed by atoms with Crippen molar-refractivity contribution in [3.05, 3.63) is 40.1 Å².